The lowest BCUT2D eigenvalue weighted by molar-refractivity contribution is -0.106. The minimum Gasteiger partial charge on any atom is -0.392 e. The number of aromatic nitrogens is 2. The summed E-state index contributed by atoms with van der Waals surface area (Å²) in [6, 6.07) is 0. The third-order valence-corrected chi connectivity index (χ3v) is 3.16. The molecule has 1 fully saturated rings. The maximum absolute atomic E-state index is 11.2. The van der Waals surface area contributed by atoms with E-state index in [1.165, 1.54) is 0 Å². The van der Waals surface area contributed by atoms with E-state index >= 15 is 0 Å². The van der Waals surface area contributed by atoms with E-state index < -0.39 is 5.24 Å². The van der Waals surface area contributed by atoms with E-state index in [1.54, 1.807) is 0 Å². The van der Waals surface area contributed by atoms with Crippen molar-refractivity contribution in [2.24, 2.45) is 5.16 Å². The molecule has 6 nitrogen and oxygen atoms in total. The van der Waals surface area contributed by atoms with E-state index in [0.717, 1.165) is 37.2 Å². The van der Waals surface area contributed by atoms with Crippen molar-refractivity contribution in [3.05, 3.63) is 5.82 Å². The molecule has 0 radical (unpaired) electrons. The number of hydrogen-bond acceptors (Lipinski definition) is 7. The third-order valence-electron chi connectivity index (χ3n) is 2.43. The average molecular weight is 311 g/mol. The van der Waals surface area contributed by atoms with Crippen LogP contribution >= 0.6 is 35.5 Å². The van der Waals surface area contributed by atoms with Crippen LogP contribution < -0.4 is 5.73 Å². The molecule has 0 unspecified atom stereocenters. The number of nitrogen functional groups attached to an aromatic ring is 1. The van der Waals surface area contributed by atoms with Gasteiger partial charge in [-0.3, -0.25) is 4.79 Å². The summed E-state index contributed by atoms with van der Waals surface area (Å²) in [5, 5.41) is 3.26. The summed E-state index contributed by atoms with van der Waals surface area (Å²) < 4.78 is 3.87. The van der Waals surface area contributed by atoms with E-state index in [0.29, 0.717) is 0 Å². The van der Waals surface area contributed by atoms with Gasteiger partial charge >= 0.3 is 0 Å². The summed E-state index contributed by atoms with van der Waals surface area (Å²) in [5.74, 6) is 0.116. The number of nitrogens with zero attached hydrogens (tertiary/aromatic N) is 3. The summed E-state index contributed by atoms with van der Waals surface area (Å²) in [5.41, 5.74) is 5.34. The number of halogens is 2. The Hall–Kier alpha value is -0.920. The highest BCUT2D eigenvalue weighted by Gasteiger charge is 2.21. The Kier molecular flexibility index (Phi) is 5.77. The maximum Gasteiger partial charge on any atom is 0.278 e. The van der Waals surface area contributed by atoms with Crippen LogP contribution in [-0.4, -0.2) is 26.4 Å². The molecule has 0 spiro atoms. The molecule has 1 heterocycles. The normalized spacial score (nSPS) is 16.4. The van der Waals surface area contributed by atoms with Gasteiger partial charge in [0.15, 0.2) is 5.13 Å². The van der Waals surface area contributed by atoms with Gasteiger partial charge in [0.1, 0.15) is 6.10 Å². The van der Waals surface area contributed by atoms with E-state index in [1.807, 2.05) is 0 Å². The Balaban J connectivity index is 0.00000162. The zero-order chi connectivity index (χ0) is 12.3. The van der Waals surface area contributed by atoms with Crippen LogP contribution in [0.5, 0.6) is 0 Å². The van der Waals surface area contributed by atoms with Crippen molar-refractivity contribution in [1.82, 2.24) is 9.36 Å². The summed E-state index contributed by atoms with van der Waals surface area (Å²) in [4.78, 5) is 20.3. The lowest BCUT2D eigenvalue weighted by atomic mass is 10.3. The standard InChI is InChI=1S/C9H11ClN4O2S.ClH/c10-7(15)6(8-12-9(11)17-14-8)13-16-5-3-1-2-4-5;/h5H,1-4H2,(H2,11,12,14);1H/b13-6-;. The van der Waals surface area contributed by atoms with Crippen LogP contribution in [0.3, 0.4) is 0 Å². The fraction of sp³-hybridized carbons (Fsp3) is 0.556. The lowest BCUT2D eigenvalue weighted by Crippen LogP contribution is -2.14. The monoisotopic (exact) mass is 310 g/mol. The van der Waals surface area contributed by atoms with Crippen molar-refractivity contribution in [3.8, 4) is 0 Å². The highest BCUT2D eigenvalue weighted by atomic mass is 35.5. The van der Waals surface area contributed by atoms with Crippen LogP contribution in [0.15, 0.2) is 5.16 Å². The van der Waals surface area contributed by atoms with E-state index in [2.05, 4.69) is 14.5 Å². The van der Waals surface area contributed by atoms with E-state index in [4.69, 9.17) is 22.2 Å². The Morgan fingerprint density at radius 3 is 2.67 bits per heavy atom. The second-order valence-corrected chi connectivity index (χ2v) is 4.81. The molecule has 18 heavy (non-hydrogen) atoms. The molecular weight excluding hydrogens is 299 g/mol. The summed E-state index contributed by atoms with van der Waals surface area (Å²) in [6.07, 6.45) is 4.18. The van der Waals surface area contributed by atoms with Gasteiger partial charge in [-0.05, 0) is 37.3 Å². The van der Waals surface area contributed by atoms with Crippen LogP contribution in [0.1, 0.15) is 31.5 Å². The van der Waals surface area contributed by atoms with Gasteiger partial charge in [-0.1, -0.05) is 5.16 Å². The number of hydrogen-bond donors (Lipinski definition) is 1. The predicted molar refractivity (Wildman–Crippen MR) is 72.3 cm³/mol. The first-order valence-corrected chi connectivity index (χ1v) is 6.35. The smallest absolute Gasteiger partial charge is 0.278 e. The molecule has 1 aliphatic rings. The first-order valence-electron chi connectivity index (χ1n) is 5.20. The average Bonchev–Trinajstić information content (AvgIpc) is 2.90. The molecule has 1 aliphatic carbocycles. The highest BCUT2D eigenvalue weighted by Crippen LogP contribution is 2.21. The minimum absolute atomic E-state index is 0. The number of carbonyl (C=O) groups excluding carboxylic acids is 1. The highest BCUT2D eigenvalue weighted by molar-refractivity contribution is 7.09. The van der Waals surface area contributed by atoms with Gasteiger partial charge in [-0.2, -0.15) is 9.36 Å². The number of carbonyl (C=O) groups is 1. The fourth-order valence-corrected chi connectivity index (χ4v) is 2.17. The Bertz CT molecular complexity index is 446. The number of rotatable bonds is 4. The number of oxime groups is 1. The van der Waals surface area contributed by atoms with Gasteiger partial charge < -0.3 is 10.6 Å². The third kappa shape index (κ3) is 3.79. The predicted octanol–water partition coefficient (Wildman–Crippen LogP) is 1.97. The molecule has 2 N–H and O–H groups in total. The molecule has 0 aliphatic heterocycles. The van der Waals surface area contributed by atoms with Crippen molar-refractivity contribution in [2.45, 2.75) is 31.8 Å². The quantitative estimate of drug-likeness (QED) is 0.521. The van der Waals surface area contributed by atoms with Gasteiger partial charge in [0, 0.05) is 11.5 Å². The first kappa shape index (κ1) is 15.1. The van der Waals surface area contributed by atoms with Gasteiger partial charge in [-0.15, -0.1) is 12.4 Å². The zero-order valence-corrected chi connectivity index (χ0v) is 11.7. The Morgan fingerprint density at radius 1 is 1.50 bits per heavy atom. The number of nitrogens with two attached hydrogens (primary N) is 1. The van der Waals surface area contributed by atoms with Crippen LogP contribution in [0, 0.1) is 0 Å². The summed E-state index contributed by atoms with van der Waals surface area (Å²) in [6.45, 7) is 0. The molecular formula is C9H12Cl2N4O2S. The number of anilines is 1. The van der Waals surface area contributed by atoms with Crippen LogP contribution in [-0.2, 0) is 9.63 Å². The lowest BCUT2D eigenvalue weighted by Gasteiger charge is -2.06. The van der Waals surface area contributed by atoms with Crippen molar-refractivity contribution < 1.29 is 9.63 Å². The molecule has 0 atom stereocenters. The molecule has 100 valence electrons. The largest absolute Gasteiger partial charge is 0.392 e. The molecule has 0 saturated heterocycles. The second-order valence-electron chi connectivity index (χ2n) is 3.68. The van der Waals surface area contributed by atoms with Crippen molar-refractivity contribution in [3.63, 3.8) is 0 Å². The van der Waals surface area contributed by atoms with Gasteiger partial charge in [-0.25, -0.2) is 0 Å². The van der Waals surface area contributed by atoms with E-state index in [9.17, 15) is 4.79 Å². The van der Waals surface area contributed by atoms with Crippen LogP contribution in [0.2, 0.25) is 0 Å². The SMILES string of the molecule is Cl.Nc1nc(/C(=N\OC2CCCC2)C(=O)Cl)ns1. The summed E-state index contributed by atoms with van der Waals surface area (Å²) in [7, 11) is 0. The topological polar surface area (TPSA) is 90.5 Å². The van der Waals surface area contributed by atoms with Crippen molar-refractivity contribution >= 4 is 51.6 Å². The van der Waals surface area contributed by atoms with Crippen molar-refractivity contribution in [1.29, 1.82) is 0 Å². The van der Waals surface area contributed by atoms with Crippen LogP contribution in [0.25, 0.3) is 0 Å². The van der Waals surface area contributed by atoms with Crippen molar-refractivity contribution in [2.75, 3.05) is 5.73 Å². The van der Waals surface area contributed by atoms with Gasteiger partial charge in [0.05, 0.1) is 0 Å². The zero-order valence-electron chi connectivity index (χ0n) is 9.34. The maximum atomic E-state index is 11.2. The molecule has 1 aromatic heterocycles. The summed E-state index contributed by atoms with van der Waals surface area (Å²) >= 11 is 6.38. The molecule has 9 heteroatoms. The molecule has 0 bridgehead atoms. The molecule has 0 aromatic carbocycles. The van der Waals surface area contributed by atoms with Gasteiger partial charge in [0.2, 0.25) is 11.5 Å². The Labute approximate surface area is 119 Å². The molecule has 1 saturated carbocycles. The first-order chi connectivity index (χ1) is 8.16. The van der Waals surface area contributed by atoms with E-state index in [-0.39, 0.29) is 35.2 Å². The second kappa shape index (κ2) is 6.86. The van der Waals surface area contributed by atoms with Gasteiger partial charge in [0.25, 0.3) is 5.24 Å². The minimum atomic E-state index is -0.749. The van der Waals surface area contributed by atoms with Crippen LogP contribution in [0.4, 0.5) is 5.13 Å². The molecule has 0 amide bonds. The molecule has 2 rings (SSSR count). The Morgan fingerprint density at radius 2 is 2.17 bits per heavy atom. The molecule has 1 aromatic rings. The fourth-order valence-electron chi connectivity index (χ4n) is 1.62.